The Morgan fingerprint density at radius 2 is 1.60 bits per heavy atom. The SMILES string of the molecule is COc1ccc(/C=C/C(=O)c2cc3ccccc3cc2O)cc1OC. The first-order chi connectivity index (χ1) is 12.1. The molecule has 0 saturated heterocycles. The van der Waals surface area contributed by atoms with E-state index in [-0.39, 0.29) is 17.1 Å². The van der Waals surface area contributed by atoms with Crippen molar-refractivity contribution < 1.29 is 19.4 Å². The number of benzene rings is 3. The van der Waals surface area contributed by atoms with Crippen LogP contribution in [0.3, 0.4) is 0 Å². The first-order valence-corrected chi connectivity index (χ1v) is 7.78. The van der Waals surface area contributed by atoms with Crippen molar-refractivity contribution >= 4 is 22.6 Å². The van der Waals surface area contributed by atoms with Gasteiger partial charge in [0, 0.05) is 0 Å². The van der Waals surface area contributed by atoms with E-state index in [0.29, 0.717) is 11.5 Å². The molecule has 0 aliphatic carbocycles. The number of aromatic hydroxyl groups is 1. The van der Waals surface area contributed by atoms with Gasteiger partial charge in [0.05, 0.1) is 19.8 Å². The summed E-state index contributed by atoms with van der Waals surface area (Å²) in [4.78, 5) is 12.5. The third-order valence-electron chi connectivity index (χ3n) is 3.96. The van der Waals surface area contributed by atoms with Crippen LogP contribution in [-0.4, -0.2) is 25.1 Å². The van der Waals surface area contributed by atoms with Gasteiger partial charge in [-0.15, -0.1) is 0 Å². The number of rotatable bonds is 5. The molecule has 0 aliphatic heterocycles. The Bertz CT molecular complexity index is 957. The van der Waals surface area contributed by atoms with E-state index in [0.717, 1.165) is 16.3 Å². The highest BCUT2D eigenvalue weighted by atomic mass is 16.5. The van der Waals surface area contributed by atoms with Crippen LogP contribution in [0.2, 0.25) is 0 Å². The molecule has 0 radical (unpaired) electrons. The van der Waals surface area contributed by atoms with Crippen LogP contribution < -0.4 is 9.47 Å². The van der Waals surface area contributed by atoms with Gasteiger partial charge in [0.1, 0.15) is 5.75 Å². The maximum absolute atomic E-state index is 12.5. The van der Waals surface area contributed by atoms with Gasteiger partial charge in [-0.25, -0.2) is 0 Å². The maximum atomic E-state index is 12.5. The van der Waals surface area contributed by atoms with Gasteiger partial charge in [-0.2, -0.15) is 0 Å². The molecule has 0 bridgehead atoms. The lowest BCUT2D eigenvalue weighted by Gasteiger charge is -2.07. The number of fused-ring (bicyclic) bond motifs is 1. The molecular weight excluding hydrogens is 316 g/mol. The number of ether oxygens (including phenoxy) is 2. The van der Waals surface area contributed by atoms with Crippen LogP contribution >= 0.6 is 0 Å². The Kier molecular flexibility index (Phi) is 4.70. The van der Waals surface area contributed by atoms with Gasteiger partial charge >= 0.3 is 0 Å². The van der Waals surface area contributed by atoms with Crippen molar-refractivity contribution in [2.24, 2.45) is 0 Å². The molecule has 25 heavy (non-hydrogen) atoms. The van der Waals surface area contributed by atoms with Gasteiger partial charge in [-0.3, -0.25) is 4.79 Å². The fraction of sp³-hybridized carbons (Fsp3) is 0.0952. The predicted octanol–water partition coefficient (Wildman–Crippen LogP) is 4.46. The largest absolute Gasteiger partial charge is 0.507 e. The minimum absolute atomic E-state index is 0.0272. The molecule has 1 N–H and O–H groups in total. The molecule has 0 spiro atoms. The lowest BCUT2D eigenvalue weighted by molar-refractivity contribution is 0.104. The van der Waals surface area contributed by atoms with Crippen molar-refractivity contribution in [1.29, 1.82) is 0 Å². The maximum Gasteiger partial charge on any atom is 0.189 e. The van der Waals surface area contributed by atoms with Crippen LogP contribution in [0.5, 0.6) is 17.2 Å². The summed E-state index contributed by atoms with van der Waals surface area (Å²) in [6, 6.07) is 16.3. The number of phenolic OH excluding ortho intramolecular Hbond substituents is 1. The summed E-state index contributed by atoms with van der Waals surface area (Å²) in [6.07, 6.45) is 3.12. The standard InChI is InChI=1S/C21H18O4/c1-24-20-10-8-14(11-21(20)25-2)7-9-18(22)17-12-15-5-3-4-6-16(15)13-19(17)23/h3-13,23H,1-2H3/b9-7+. The lowest BCUT2D eigenvalue weighted by Crippen LogP contribution is -1.95. The molecule has 0 fully saturated rings. The van der Waals surface area contributed by atoms with Crippen LogP contribution in [0, 0.1) is 0 Å². The average Bonchev–Trinajstić information content (AvgIpc) is 2.65. The molecule has 0 aromatic heterocycles. The summed E-state index contributed by atoms with van der Waals surface area (Å²) in [6.45, 7) is 0. The highest BCUT2D eigenvalue weighted by Gasteiger charge is 2.10. The van der Waals surface area contributed by atoms with Crippen LogP contribution in [0.15, 0.2) is 60.7 Å². The molecule has 4 nitrogen and oxygen atoms in total. The zero-order chi connectivity index (χ0) is 17.8. The third kappa shape index (κ3) is 3.48. The van der Waals surface area contributed by atoms with E-state index >= 15 is 0 Å². The second-order valence-electron chi connectivity index (χ2n) is 5.53. The fourth-order valence-corrected chi connectivity index (χ4v) is 2.64. The molecule has 0 unspecified atom stereocenters. The number of carbonyl (C=O) groups is 1. The fourth-order valence-electron chi connectivity index (χ4n) is 2.64. The van der Waals surface area contributed by atoms with Gasteiger partial charge < -0.3 is 14.6 Å². The molecule has 0 amide bonds. The third-order valence-corrected chi connectivity index (χ3v) is 3.96. The van der Waals surface area contributed by atoms with Gasteiger partial charge in [-0.1, -0.05) is 36.4 Å². The summed E-state index contributed by atoms with van der Waals surface area (Å²) in [5, 5.41) is 11.9. The lowest BCUT2D eigenvalue weighted by atomic mass is 10.0. The molecule has 3 aromatic rings. The van der Waals surface area contributed by atoms with Gasteiger partial charge in [0.25, 0.3) is 0 Å². The number of phenols is 1. The van der Waals surface area contributed by atoms with Gasteiger partial charge in [-0.05, 0) is 46.7 Å². The first kappa shape index (κ1) is 16.6. The van der Waals surface area contributed by atoms with Crippen molar-refractivity contribution in [3.8, 4) is 17.2 Å². The number of methoxy groups -OCH3 is 2. The Morgan fingerprint density at radius 3 is 2.28 bits per heavy atom. The smallest absolute Gasteiger partial charge is 0.189 e. The summed E-state index contributed by atoms with van der Waals surface area (Å²) < 4.78 is 10.4. The zero-order valence-corrected chi connectivity index (χ0v) is 14.0. The van der Waals surface area contributed by atoms with E-state index in [4.69, 9.17) is 9.47 Å². The molecule has 0 aliphatic rings. The van der Waals surface area contributed by atoms with Crippen LogP contribution in [0.4, 0.5) is 0 Å². The van der Waals surface area contributed by atoms with Gasteiger partial charge in [0.2, 0.25) is 0 Å². The summed E-state index contributed by atoms with van der Waals surface area (Å²) in [5.41, 5.74) is 1.07. The molecular formula is C21H18O4. The quantitative estimate of drug-likeness (QED) is 0.553. The summed E-state index contributed by atoms with van der Waals surface area (Å²) in [7, 11) is 3.13. The van der Waals surface area contributed by atoms with Crippen LogP contribution in [0.1, 0.15) is 15.9 Å². The van der Waals surface area contributed by atoms with Crippen molar-refractivity contribution in [1.82, 2.24) is 0 Å². The summed E-state index contributed by atoms with van der Waals surface area (Å²) >= 11 is 0. The molecule has 3 rings (SSSR count). The molecule has 0 atom stereocenters. The number of ketones is 1. The molecule has 126 valence electrons. The van der Waals surface area contributed by atoms with Crippen molar-refractivity contribution in [3.05, 3.63) is 71.8 Å². The van der Waals surface area contributed by atoms with E-state index in [1.807, 2.05) is 30.3 Å². The van der Waals surface area contributed by atoms with Crippen LogP contribution in [0.25, 0.3) is 16.8 Å². The number of allylic oxidation sites excluding steroid dienone is 1. The van der Waals surface area contributed by atoms with Crippen molar-refractivity contribution in [2.75, 3.05) is 14.2 Å². The highest BCUT2D eigenvalue weighted by Crippen LogP contribution is 2.29. The Hall–Kier alpha value is -3.27. The van der Waals surface area contributed by atoms with E-state index in [9.17, 15) is 9.90 Å². The monoisotopic (exact) mass is 334 g/mol. The van der Waals surface area contributed by atoms with Crippen molar-refractivity contribution in [2.45, 2.75) is 0 Å². The Balaban J connectivity index is 1.89. The van der Waals surface area contributed by atoms with Crippen molar-refractivity contribution in [3.63, 3.8) is 0 Å². The molecule has 3 aromatic carbocycles. The van der Waals surface area contributed by atoms with E-state index in [1.54, 1.807) is 44.6 Å². The van der Waals surface area contributed by atoms with E-state index in [1.165, 1.54) is 6.08 Å². The topological polar surface area (TPSA) is 55.8 Å². The second-order valence-corrected chi connectivity index (χ2v) is 5.53. The minimum Gasteiger partial charge on any atom is -0.507 e. The second kappa shape index (κ2) is 7.09. The number of hydrogen-bond acceptors (Lipinski definition) is 4. The number of hydrogen-bond donors (Lipinski definition) is 1. The highest BCUT2D eigenvalue weighted by molar-refractivity contribution is 6.10. The van der Waals surface area contributed by atoms with Crippen LogP contribution in [-0.2, 0) is 0 Å². The normalized spacial score (nSPS) is 11.0. The zero-order valence-electron chi connectivity index (χ0n) is 14.0. The minimum atomic E-state index is -0.266. The predicted molar refractivity (Wildman–Crippen MR) is 98.5 cm³/mol. The Labute approximate surface area is 145 Å². The average molecular weight is 334 g/mol. The summed E-state index contributed by atoms with van der Waals surface area (Å²) in [5.74, 6) is 0.919. The van der Waals surface area contributed by atoms with E-state index in [2.05, 4.69) is 0 Å². The molecule has 0 heterocycles. The van der Waals surface area contributed by atoms with E-state index < -0.39 is 0 Å². The first-order valence-electron chi connectivity index (χ1n) is 7.78. The number of carbonyl (C=O) groups excluding carboxylic acids is 1. The molecule has 0 saturated carbocycles. The Morgan fingerprint density at radius 1 is 0.920 bits per heavy atom. The van der Waals surface area contributed by atoms with Gasteiger partial charge in [0.15, 0.2) is 17.3 Å². The molecule has 4 heteroatoms.